The summed E-state index contributed by atoms with van der Waals surface area (Å²) in [5.41, 5.74) is 2.30. The fourth-order valence-corrected chi connectivity index (χ4v) is 12.2. The van der Waals surface area contributed by atoms with Crippen LogP contribution in [0, 0.1) is 56.7 Å². The molecule has 5 saturated carbocycles. The molecule has 0 radical (unpaired) electrons. The van der Waals surface area contributed by atoms with Gasteiger partial charge in [0.05, 0.1) is 6.61 Å². The second-order valence-electron chi connectivity index (χ2n) is 15.8. The van der Waals surface area contributed by atoms with Gasteiger partial charge in [0.1, 0.15) is 6.10 Å². The molecule has 4 heteroatoms. The first kappa shape index (κ1) is 28.2. The molecule has 0 aromatic heterocycles. The van der Waals surface area contributed by atoms with E-state index < -0.39 is 0 Å². The molecule has 5 rings (SSSR count). The molecular formula is C34H54O4. The molecule has 0 N–H and O–H groups in total. The van der Waals surface area contributed by atoms with E-state index in [0.29, 0.717) is 41.6 Å². The first-order chi connectivity index (χ1) is 17.6. The summed E-state index contributed by atoms with van der Waals surface area (Å²) >= 11 is 0. The summed E-state index contributed by atoms with van der Waals surface area (Å²) < 4.78 is 11.7. The third-order valence-corrected chi connectivity index (χ3v) is 14.0. The Balaban J connectivity index is 1.49. The fourth-order valence-electron chi connectivity index (χ4n) is 12.2. The van der Waals surface area contributed by atoms with Crippen LogP contribution in [0.3, 0.4) is 0 Å². The highest BCUT2D eigenvalue weighted by atomic mass is 16.5. The van der Waals surface area contributed by atoms with Crippen LogP contribution in [0.15, 0.2) is 12.2 Å². The molecule has 0 unspecified atom stereocenters. The number of allylic oxidation sites excluding steroid dienone is 1. The van der Waals surface area contributed by atoms with Gasteiger partial charge in [-0.1, -0.05) is 46.8 Å². The molecule has 5 aliphatic rings. The minimum atomic E-state index is -0.140. The quantitative estimate of drug-likeness (QED) is 0.274. The average Bonchev–Trinajstić information content (AvgIpc) is 3.20. The van der Waals surface area contributed by atoms with E-state index in [1.54, 1.807) is 13.8 Å². The Hall–Kier alpha value is -1.32. The number of hydrogen-bond acceptors (Lipinski definition) is 4. The number of fused-ring (bicyclic) bond motifs is 7. The molecule has 0 bridgehead atoms. The Labute approximate surface area is 232 Å². The molecule has 0 aromatic carbocycles. The van der Waals surface area contributed by atoms with Crippen molar-refractivity contribution in [1.29, 1.82) is 0 Å². The van der Waals surface area contributed by atoms with Gasteiger partial charge in [0.25, 0.3) is 0 Å². The highest BCUT2D eigenvalue weighted by Gasteiger charge is 2.71. The molecular weight excluding hydrogens is 472 g/mol. The molecule has 0 spiro atoms. The van der Waals surface area contributed by atoms with Crippen LogP contribution in [0.25, 0.3) is 0 Å². The van der Waals surface area contributed by atoms with Crippen molar-refractivity contribution in [3.63, 3.8) is 0 Å². The van der Waals surface area contributed by atoms with Gasteiger partial charge >= 0.3 is 11.9 Å². The first-order valence-electron chi connectivity index (χ1n) is 15.6. The lowest BCUT2D eigenvalue weighted by molar-refractivity contribution is -0.252. The zero-order chi connectivity index (χ0) is 27.9. The highest BCUT2D eigenvalue weighted by Crippen LogP contribution is 2.77. The van der Waals surface area contributed by atoms with Gasteiger partial charge in [-0.15, -0.1) is 0 Å². The third kappa shape index (κ3) is 3.80. The van der Waals surface area contributed by atoms with Gasteiger partial charge in [0.2, 0.25) is 0 Å². The average molecular weight is 527 g/mol. The molecule has 5 fully saturated rings. The van der Waals surface area contributed by atoms with Crippen LogP contribution < -0.4 is 0 Å². The van der Waals surface area contributed by atoms with E-state index >= 15 is 0 Å². The monoisotopic (exact) mass is 526 g/mol. The fraction of sp³-hybridized carbons (Fsp3) is 0.882. The van der Waals surface area contributed by atoms with Crippen molar-refractivity contribution in [2.45, 2.75) is 126 Å². The Morgan fingerprint density at radius 2 is 1.47 bits per heavy atom. The summed E-state index contributed by atoms with van der Waals surface area (Å²) in [4.78, 5) is 23.8. The van der Waals surface area contributed by atoms with Crippen molar-refractivity contribution in [3.8, 4) is 0 Å². The van der Waals surface area contributed by atoms with Gasteiger partial charge in [-0.3, -0.25) is 9.59 Å². The van der Waals surface area contributed by atoms with Gasteiger partial charge in [0.15, 0.2) is 0 Å². The van der Waals surface area contributed by atoms with Gasteiger partial charge in [0, 0.05) is 24.7 Å². The second kappa shape index (κ2) is 9.10. The molecule has 214 valence electrons. The van der Waals surface area contributed by atoms with Crippen LogP contribution in [0.4, 0.5) is 0 Å². The van der Waals surface area contributed by atoms with Crippen molar-refractivity contribution < 1.29 is 19.1 Å². The van der Waals surface area contributed by atoms with Crippen LogP contribution in [-0.4, -0.2) is 24.6 Å². The Kier molecular flexibility index (Phi) is 6.76. The van der Waals surface area contributed by atoms with Crippen LogP contribution >= 0.6 is 0 Å². The maximum absolute atomic E-state index is 11.9. The van der Waals surface area contributed by atoms with Crippen LogP contribution in [0.1, 0.15) is 120 Å². The molecule has 0 saturated heterocycles. The van der Waals surface area contributed by atoms with Crippen molar-refractivity contribution in [2.24, 2.45) is 56.7 Å². The molecule has 0 aliphatic heterocycles. The lowest BCUT2D eigenvalue weighted by atomic mass is 9.32. The van der Waals surface area contributed by atoms with Gasteiger partial charge in [-0.25, -0.2) is 0 Å². The zero-order valence-corrected chi connectivity index (χ0v) is 25.6. The molecule has 0 amide bonds. The lowest BCUT2D eigenvalue weighted by Crippen LogP contribution is -2.67. The summed E-state index contributed by atoms with van der Waals surface area (Å²) in [5, 5.41) is 0. The summed E-state index contributed by atoms with van der Waals surface area (Å²) in [7, 11) is 0. The summed E-state index contributed by atoms with van der Waals surface area (Å²) in [6.45, 7) is 23.1. The van der Waals surface area contributed by atoms with Crippen molar-refractivity contribution in [2.75, 3.05) is 6.61 Å². The van der Waals surface area contributed by atoms with Gasteiger partial charge in [-0.2, -0.15) is 0 Å². The first-order valence-corrected chi connectivity index (χ1v) is 15.6. The molecule has 0 heterocycles. The van der Waals surface area contributed by atoms with Crippen molar-refractivity contribution >= 4 is 11.9 Å². The number of ether oxygens (including phenoxy) is 2. The number of hydrogen-bond donors (Lipinski definition) is 0. The Morgan fingerprint density at radius 1 is 0.763 bits per heavy atom. The predicted molar refractivity (Wildman–Crippen MR) is 151 cm³/mol. The molecule has 10 atom stereocenters. The molecule has 4 nitrogen and oxygen atoms in total. The number of carbonyl (C=O) groups excluding carboxylic acids is 2. The van der Waals surface area contributed by atoms with E-state index in [2.05, 4.69) is 48.1 Å². The van der Waals surface area contributed by atoms with E-state index in [1.807, 2.05) is 0 Å². The van der Waals surface area contributed by atoms with Crippen LogP contribution in [0.2, 0.25) is 0 Å². The normalized spacial score (nSPS) is 49.1. The van der Waals surface area contributed by atoms with Crippen molar-refractivity contribution in [3.05, 3.63) is 12.2 Å². The third-order valence-electron chi connectivity index (χ3n) is 14.0. The number of carbonyl (C=O) groups is 2. The van der Waals surface area contributed by atoms with E-state index in [-0.39, 0.29) is 39.7 Å². The summed E-state index contributed by atoms with van der Waals surface area (Å²) in [6, 6.07) is 0. The highest BCUT2D eigenvalue weighted by molar-refractivity contribution is 5.66. The van der Waals surface area contributed by atoms with E-state index in [1.165, 1.54) is 56.9 Å². The minimum absolute atomic E-state index is 0.00000109. The van der Waals surface area contributed by atoms with E-state index in [0.717, 1.165) is 12.8 Å². The van der Waals surface area contributed by atoms with Gasteiger partial charge < -0.3 is 9.47 Å². The SMILES string of the molecule is C=C(C)[C@H]1CC[C@]2(COC(C)=O)CC[C@]3(C)[C@H](CC[C@@H]4[C@@]5(C)CC[C@H](OC(C)=O)C(C)(C)[C@@H]5CC[C@]43C)[C@@H]12. The largest absolute Gasteiger partial charge is 0.465 e. The minimum Gasteiger partial charge on any atom is -0.465 e. The summed E-state index contributed by atoms with van der Waals surface area (Å²) in [6.07, 6.45) is 12.0. The second-order valence-corrected chi connectivity index (χ2v) is 15.8. The summed E-state index contributed by atoms with van der Waals surface area (Å²) in [5.74, 6) is 2.76. The number of esters is 2. The van der Waals surface area contributed by atoms with Gasteiger partial charge in [-0.05, 0) is 117 Å². The molecule has 5 aliphatic carbocycles. The van der Waals surface area contributed by atoms with E-state index in [9.17, 15) is 9.59 Å². The Bertz CT molecular complexity index is 998. The van der Waals surface area contributed by atoms with E-state index in [4.69, 9.17) is 9.47 Å². The van der Waals surface area contributed by atoms with Crippen LogP contribution in [0.5, 0.6) is 0 Å². The maximum Gasteiger partial charge on any atom is 0.302 e. The topological polar surface area (TPSA) is 52.6 Å². The number of rotatable bonds is 4. The predicted octanol–water partition coefficient (Wildman–Crippen LogP) is 8.14. The zero-order valence-electron chi connectivity index (χ0n) is 25.6. The maximum atomic E-state index is 11.9. The standard InChI is InChI=1S/C34H54O4/c1-21(2)24-12-17-34(20-37-22(3)35)19-18-32(8)25(29(24)34)10-11-27-31(7)15-14-28(38-23(4)36)30(5,6)26(31)13-16-33(27,32)9/h24-29H,1,10-20H2,2-9H3/t24-,25-,26+,27-,28+,29-,31+,32-,33-,34-/m1/s1. The Morgan fingerprint density at radius 3 is 2.11 bits per heavy atom. The van der Waals surface area contributed by atoms with Crippen molar-refractivity contribution in [1.82, 2.24) is 0 Å². The molecule has 38 heavy (non-hydrogen) atoms. The van der Waals surface area contributed by atoms with Crippen LogP contribution in [-0.2, 0) is 19.1 Å². The lowest BCUT2D eigenvalue weighted by Gasteiger charge is -2.73. The molecule has 0 aromatic rings. The smallest absolute Gasteiger partial charge is 0.302 e.